The smallest absolute Gasteiger partial charge is 0.244 e. The maximum atomic E-state index is 13.0. The highest BCUT2D eigenvalue weighted by Gasteiger charge is 2.29. The van der Waals surface area contributed by atoms with Gasteiger partial charge in [0.05, 0.1) is 6.04 Å². The lowest BCUT2D eigenvalue weighted by Crippen LogP contribution is -2.14. The number of nitrogens with zero attached hydrogens (tertiary/aromatic N) is 3. The summed E-state index contributed by atoms with van der Waals surface area (Å²) in [6.45, 7) is 0.339. The van der Waals surface area contributed by atoms with E-state index in [9.17, 15) is 4.39 Å². The lowest BCUT2D eigenvalue weighted by Gasteiger charge is -2.00. The predicted octanol–water partition coefficient (Wildman–Crippen LogP) is 1.50. The van der Waals surface area contributed by atoms with Crippen LogP contribution >= 0.6 is 0 Å². The molecule has 0 saturated carbocycles. The molecule has 1 N–H and O–H groups in total. The molecule has 1 saturated heterocycles. The zero-order valence-corrected chi connectivity index (χ0v) is 9.01. The highest BCUT2D eigenvalue weighted by atomic mass is 19.1. The molecule has 1 aliphatic heterocycles. The van der Waals surface area contributed by atoms with Gasteiger partial charge < -0.3 is 9.84 Å². The van der Waals surface area contributed by atoms with Crippen molar-refractivity contribution in [2.24, 2.45) is 0 Å². The van der Waals surface area contributed by atoms with Gasteiger partial charge in [-0.3, -0.25) is 4.98 Å². The second-order valence-corrected chi connectivity index (χ2v) is 3.97. The lowest BCUT2D eigenvalue weighted by molar-refractivity contribution is 0.324. The molecule has 17 heavy (non-hydrogen) atoms. The van der Waals surface area contributed by atoms with Gasteiger partial charge in [-0.15, -0.1) is 0 Å². The van der Waals surface area contributed by atoms with E-state index in [1.807, 2.05) is 12.1 Å². The van der Waals surface area contributed by atoms with Crippen LogP contribution in [0.15, 0.2) is 28.9 Å². The summed E-state index contributed by atoms with van der Waals surface area (Å²) in [7, 11) is 0. The number of alkyl halides is 1. The summed E-state index contributed by atoms with van der Waals surface area (Å²) >= 11 is 0. The van der Waals surface area contributed by atoms with Crippen LogP contribution in [0.3, 0.4) is 0 Å². The van der Waals surface area contributed by atoms with E-state index in [2.05, 4.69) is 20.4 Å². The van der Waals surface area contributed by atoms with E-state index in [0.29, 0.717) is 30.4 Å². The van der Waals surface area contributed by atoms with Crippen LogP contribution < -0.4 is 5.32 Å². The van der Waals surface area contributed by atoms with Crippen molar-refractivity contribution < 1.29 is 8.91 Å². The van der Waals surface area contributed by atoms with E-state index < -0.39 is 6.17 Å². The number of hydrogen-bond donors (Lipinski definition) is 1. The van der Waals surface area contributed by atoms with E-state index in [-0.39, 0.29) is 6.04 Å². The third-order valence-electron chi connectivity index (χ3n) is 2.71. The van der Waals surface area contributed by atoms with E-state index in [4.69, 9.17) is 4.52 Å². The number of hydrogen-bond acceptors (Lipinski definition) is 5. The highest BCUT2D eigenvalue weighted by Crippen LogP contribution is 2.25. The molecule has 2 aromatic rings. The van der Waals surface area contributed by atoms with Gasteiger partial charge in [0, 0.05) is 19.2 Å². The zero-order valence-electron chi connectivity index (χ0n) is 9.01. The van der Waals surface area contributed by atoms with Crippen LogP contribution in [-0.4, -0.2) is 27.8 Å². The van der Waals surface area contributed by atoms with Crippen molar-refractivity contribution in [3.8, 4) is 11.5 Å². The van der Waals surface area contributed by atoms with Gasteiger partial charge in [0.25, 0.3) is 0 Å². The van der Waals surface area contributed by atoms with Crippen molar-refractivity contribution in [2.45, 2.75) is 18.6 Å². The number of halogens is 1. The molecular formula is C11H11FN4O. The monoisotopic (exact) mass is 234 g/mol. The molecule has 1 fully saturated rings. The minimum atomic E-state index is -0.842. The predicted molar refractivity (Wildman–Crippen MR) is 57.8 cm³/mol. The highest BCUT2D eigenvalue weighted by molar-refractivity contribution is 5.47. The van der Waals surface area contributed by atoms with E-state index in [1.165, 1.54) is 0 Å². The lowest BCUT2D eigenvalue weighted by atomic mass is 10.2. The summed E-state index contributed by atoms with van der Waals surface area (Å²) in [5.74, 6) is 0.857. The average Bonchev–Trinajstić information content (AvgIpc) is 2.98. The summed E-state index contributed by atoms with van der Waals surface area (Å²) in [6.07, 6.45) is 1.20. The first kappa shape index (κ1) is 10.3. The van der Waals surface area contributed by atoms with E-state index >= 15 is 0 Å². The Labute approximate surface area is 97.1 Å². The molecule has 3 rings (SSSR count). The van der Waals surface area contributed by atoms with Crippen molar-refractivity contribution in [1.82, 2.24) is 20.4 Å². The minimum absolute atomic E-state index is 0.185. The van der Waals surface area contributed by atoms with E-state index in [1.54, 1.807) is 12.3 Å². The summed E-state index contributed by atoms with van der Waals surface area (Å²) in [5.41, 5.74) is 0.650. The Morgan fingerprint density at radius 1 is 1.41 bits per heavy atom. The summed E-state index contributed by atoms with van der Waals surface area (Å²) < 4.78 is 18.1. The fourth-order valence-electron chi connectivity index (χ4n) is 1.86. The van der Waals surface area contributed by atoms with Crippen LogP contribution in [0.2, 0.25) is 0 Å². The molecule has 0 unspecified atom stereocenters. The molecule has 0 bridgehead atoms. The largest absolute Gasteiger partial charge is 0.337 e. The Hall–Kier alpha value is -1.82. The molecule has 0 aliphatic carbocycles. The number of aromatic nitrogens is 3. The van der Waals surface area contributed by atoms with Gasteiger partial charge in [0.2, 0.25) is 11.7 Å². The molecule has 3 heterocycles. The van der Waals surface area contributed by atoms with Gasteiger partial charge in [0.1, 0.15) is 11.9 Å². The first-order valence-corrected chi connectivity index (χ1v) is 5.45. The molecule has 88 valence electrons. The van der Waals surface area contributed by atoms with Crippen molar-refractivity contribution >= 4 is 0 Å². The van der Waals surface area contributed by atoms with Crippen molar-refractivity contribution in [1.29, 1.82) is 0 Å². The van der Waals surface area contributed by atoms with Crippen LogP contribution in [0, 0.1) is 0 Å². The van der Waals surface area contributed by atoms with Crippen LogP contribution in [-0.2, 0) is 0 Å². The third-order valence-corrected chi connectivity index (χ3v) is 2.71. The van der Waals surface area contributed by atoms with E-state index in [0.717, 1.165) is 0 Å². The second kappa shape index (κ2) is 4.21. The third kappa shape index (κ3) is 2.03. The van der Waals surface area contributed by atoms with Gasteiger partial charge in [0.15, 0.2) is 0 Å². The molecule has 1 aliphatic rings. The zero-order chi connectivity index (χ0) is 11.7. The number of nitrogens with one attached hydrogen (secondary N) is 1. The number of rotatable bonds is 2. The summed E-state index contributed by atoms with van der Waals surface area (Å²) in [6, 6.07) is 5.28. The standard InChI is InChI=1S/C11H11FN4O/c12-7-5-9(14-6-7)11-15-10(16-17-11)8-3-1-2-4-13-8/h1-4,7,9,14H,5-6H2/t7-,9-/m1/s1. The maximum Gasteiger partial charge on any atom is 0.244 e. The molecular weight excluding hydrogens is 223 g/mol. The quantitative estimate of drug-likeness (QED) is 0.853. The Balaban J connectivity index is 1.84. The molecule has 6 heteroatoms. The average molecular weight is 234 g/mol. The Bertz CT molecular complexity index is 501. The minimum Gasteiger partial charge on any atom is -0.337 e. The topological polar surface area (TPSA) is 63.8 Å². The van der Waals surface area contributed by atoms with Crippen LogP contribution in [0.4, 0.5) is 4.39 Å². The first-order chi connectivity index (χ1) is 8.33. The molecule has 2 atom stereocenters. The van der Waals surface area contributed by atoms with Crippen LogP contribution in [0.25, 0.3) is 11.5 Å². The Morgan fingerprint density at radius 2 is 2.35 bits per heavy atom. The van der Waals surface area contributed by atoms with Gasteiger partial charge in [-0.1, -0.05) is 11.2 Å². The molecule has 2 aromatic heterocycles. The van der Waals surface area contributed by atoms with Crippen LogP contribution in [0.5, 0.6) is 0 Å². The molecule has 0 radical (unpaired) electrons. The molecule has 5 nitrogen and oxygen atoms in total. The van der Waals surface area contributed by atoms with Crippen molar-refractivity contribution in [2.75, 3.05) is 6.54 Å². The van der Waals surface area contributed by atoms with Crippen molar-refractivity contribution in [3.63, 3.8) is 0 Å². The summed E-state index contributed by atoms with van der Waals surface area (Å²) in [4.78, 5) is 8.35. The SMILES string of the molecule is F[C@H]1CN[C@@H](c2nc(-c3ccccn3)no2)C1. The van der Waals surface area contributed by atoms with Gasteiger partial charge >= 0.3 is 0 Å². The first-order valence-electron chi connectivity index (χ1n) is 5.45. The van der Waals surface area contributed by atoms with Crippen LogP contribution in [0.1, 0.15) is 18.4 Å². The van der Waals surface area contributed by atoms with Gasteiger partial charge in [-0.2, -0.15) is 4.98 Å². The normalized spacial score (nSPS) is 24.1. The molecule has 0 amide bonds. The van der Waals surface area contributed by atoms with Gasteiger partial charge in [-0.25, -0.2) is 4.39 Å². The van der Waals surface area contributed by atoms with Crippen molar-refractivity contribution in [3.05, 3.63) is 30.3 Å². The molecule has 0 spiro atoms. The molecule has 0 aromatic carbocycles. The Morgan fingerprint density at radius 3 is 3.06 bits per heavy atom. The summed E-state index contributed by atoms with van der Waals surface area (Å²) in [5, 5.41) is 6.84. The number of pyridine rings is 1. The van der Waals surface area contributed by atoms with Gasteiger partial charge in [-0.05, 0) is 12.1 Å². The maximum absolute atomic E-state index is 13.0. The Kier molecular flexibility index (Phi) is 2.56. The fraction of sp³-hybridized carbons (Fsp3) is 0.364. The second-order valence-electron chi connectivity index (χ2n) is 3.97. The fourth-order valence-corrected chi connectivity index (χ4v) is 1.86.